The number of fused-ring (bicyclic) bond motifs is 1. The summed E-state index contributed by atoms with van der Waals surface area (Å²) in [5.74, 6) is 1.55. The molecule has 0 aliphatic heterocycles. The van der Waals surface area contributed by atoms with E-state index in [1.807, 2.05) is 0 Å². The highest BCUT2D eigenvalue weighted by Crippen LogP contribution is 2.42. The SMILES string of the molecule is Nc1ncnc2c(C3CC(CSCCO)C(O)C3O)c[nH]c12. The summed E-state index contributed by atoms with van der Waals surface area (Å²) < 4.78 is 0. The molecule has 0 bridgehead atoms. The van der Waals surface area contributed by atoms with E-state index in [9.17, 15) is 10.2 Å². The first-order valence-electron chi connectivity index (χ1n) is 7.25. The van der Waals surface area contributed by atoms with Crippen molar-refractivity contribution < 1.29 is 15.3 Å². The molecule has 1 fully saturated rings. The summed E-state index contributed by atoms with van der Waals surface area (Å²) in [6, 6.07) is 0. The number of hydrogen-bond donors (Lipinski definition) is 5. The molecule has 0 radical (unpaired) electrons. The molecule has 8 heteroatoms. The summed E-state index contributed by atoms with van der Waals surface area (Å²) in [6.45, 7) is 0.123. The van der Waals surface area contributed by atoms with Crippen molar-refractivity contribution in [3.05, 3.63) is 18.1 Å². The van der Waals surface area contributed by atoms with E-state index in [1.54, 1.807) is 18.0 Å². The largest absolute Gasteiger partial charge is 0.396 e. The molecule has 1 aliphatic rings. The van der Waals surface area contributed by atoms with E-state index in [2.05, 4.69) is 15.0 Å². The van der Waals surface area contributed by atoms with Crippen LogP contribution in [0.3, 0.4) is 0 Å². The number of nitrogen functional groups attached to an aromatic ring is 1. The van der Waals surface area contributed by atoms with E-state index in [-0.39, 0.29) is 18.4 Å². The number of hydrogen-bond acceptors (Lipinski definition) is 7. The van der Waals surface area contributed by atoms with Gasteiger partial charge in [-0.05, 0) is 18.1 Å². The summed E-state index contributed by atoms with van der Waals surface area (Å²) in [6.07, 6.45) is 2.29. The van der Waals surface area contributed by atoms with Crippen molar-refractivity contribution >= 4 is 28.6 Å². The maximum absolute atomic E-state index is 10.4. The number of aromatic nitrogens is 3. The second-order valence-electron chi connectivity index (χ2n) is 5.61. The molecule has 2 aromatic rings. The van der Waals surface area contributed by atoms with Gasteiger partial charge in [0, 0.05) is 23.4 Å². The molecule has 1 aliphatic carbocycles. The van der Waals surface area contributed by atoms with Gasteiger partial charge in [0.1, 0.15) is 11.8 Å². The van der Waals surface area contributed by atoms with Crippen LogP contribution in [0.1, 0.15) is 17.9 Å². The fourth-order valence-electron chi connectivity index (χ4n) is 3.16. The van der Waals surface area contributed by atoms with Gasteiger partial charge in [-0.25, -0.2) is 9.97 Å². The molecule has 4 unspecified atom stereocenters. The Balaban J connectivity index is 1.83. The zero-order valence-electron chi connectivity index (χ0n) is 12.0. The van der Waals surface area contributed by atoms with Gasteiger partial charge in [0.05, 0.1) is 24.3 Å². The van der Waals surface area contributed by atoms with Crippen LogP contribution in [0, 0.1) is 5.92 Å². The topological polar surface area (TPSA) is 128 Å². The number of nitrogens with one attached hydrogen (secondary N) is 1. The van der Waals surface area contributed by atoms with E-state index in [0.29, 0.717) is 29.0 Å². The molecule has 7 nitrogen and oxygen atoms in total. The van der Waals surface area contributed by atoms with Crippen molar-refractivity contribution in [3.8, 4) is 0 Å². The van der Waals surface area contributed by atoms with Crippen LogP contribution in [0.15, 0.2) is 12.5 Å². The van der Waals surface area contributed by atoms with Crippen molar-refractivity contribution in [2.45, 2.75) is 24.5 Å². The van der Waals surface area contributed by atoms with Gasteiger partial charge in [-0.3, -0.25) is 0 Å². The lowest BCUT2D eigenvalue weighted by atomic mass is 9.96. The van der Waals surface area contributed by atoms with Crippen LogP contribution in [-0.2, 0) is 0 Å². The maximum Gasteiger partial charge on any atom is 0.151 e. The molecule has 120 valence electrons. The average molecular weight is 324 g/mol. The summed E-state index contributed by atoms with van der Waals surface area (Å²) in [5.41, 5.74) is 8.05. The Kier molecular flexibility index (Phi) is 4.53. The fraction of sp³-hybridized carbons (Fsp3) is 0.571. The zero-order chi connectivity index (χ0) is 15.7. The number of rotatable bonds is 5. The van der Waals surface area contributed by atoms with Gasteiger partial charge in [-0.2, -0.15) is 11.8 Å². The number of nitrogens with zero attached hydrogens (tertiary/aromatic N) is 2. The first-order valence-corrected chi connectivity index (χ1v) is 8.41. The van der Waals surface area contributed by atoms with E-state index in [1.165, 1.54) is 6.33 Å². The summed E-state index contributed by atoms with van der Waals surface area (Å²) in [5, 5.41) is 29.5. The molecule has 22 heavy (non-hydrogen) atoms. The zero-order valence-corrected chi connectivity index (χ0v) is 12.8. The Morgan fingerprint density at radius 2 is 2.14 bits per heavy atom. The predicted molar refractivity (Wildman–Crippen MR) is 85.6 cm³/mol. The van der Waals surface area contributed by atoms with Gasteiger partial charge in [0.15, 0.2) is 5.82 Å². The maximum atomic E-state index is 10.4. The van der Waals surface area contributed by atoms with E-state index in [0.717, 1.165) is 11.3 Å². The number of aliphatic hydroxyl groups is 3. The predicted octanol–water partition coefficient (Wildman–Crippen LogP) is 0.0909. The van der Waals surface area contributed by atoms with E-state index >= 15 is 0 Å². The fourth-order valence-corrected chi connectivity index (χ4v) is 4.09. The molecule has 6 N–H and O–H groups in total. The Morgan fingerprint density at radius 1 is 1.32 bits per heavy atom. The third kappa shape index (κ3) is 2.67. The third-order valence-electron chi connectivity index (χ3n) is 4.29. The van der Waals surface area contributed by atoms with Gasteiger partial charge >= 0.3 is 0 Å². The normalized spacial score (nSPS) is 28.5. The second-order valence-corrected chi connectivity index (χ2v) is 6.76. The highest BCUT2D eigenvalue weighted by Gasteiger charge is 2.42. The van der Waals surface area contributed by atoms with Crippen LogP contribution in [0.5, 0.6) is 0 Å². The Hall–Kier alpha value is -1.35. The first kappa shape index (κ1) is 15.5. The highest BCUT2D eigenvalue weighted by atomic mass is 32.2. The molecular formula is C14H20N4O3S. The van der Waals surface area contributed by atoms with Gasteiger partial charge in [-0.1, -0.05) is 0 Å². The first-order chi connectivity index (χ1) is 10.6. The number of H-pyrrole nitrogens is 1. The van der Waals surface area contributed by atoms with Crippen LogP contribution >= 0.6 is 11.8 Å². The van der Waals surface area contributed by atoms with Crippen molar-refractivity contribution in [2.24, 2.45) is 5.92 Å². The third-order valence-corrected chi connectivity index (χ3v) is 5.43. The molecule has 0 spiro atoms. The molecule has 2 heterocycles. The van der Waals surface area contributed by atoms with Crippen molar-refractivity contribution in [1.82, 2.24) is 15.0 Å². The van der Waals surface area contributed by atoms with Gasteiger partial charge < -0.3 is 26.0 Å². The Bertz CT molecular complexity index is 650. The molecular weight excluding hydrogens is 304 g/mol. The quantitative estimate of drug-likeness (QED) is 0.493. The number of thioether (sulfide) groups is 1. The van der Waals surface area contributed by atoms with E-state index in [4.69, 9.17) is 10.8 Å². The highest BCUT2D eigenvalue weighted by molar-refractivity contribution is 7.99. The summed E-state index contributed by atoms with van der Waals surface area (Å²) in [4.78, 5) is 11.3. The number of anilines is 1. The van der Waals surface area contributed by atoms with Gasteiger partial charge in [-0.15, -0.1) is 0 Å². The number of aromatic amines is 1. The van der Waals surface area contributed by atoms with Crippen LogP contribution in [0.4, 0.5) is 5.82 Å². The van der Waals surface area contributed by atoms with Crippen LogP contribution in [-0.4, -0.2) is 60.6 Å². The number of nitrogens with two attached hydrogens (primary N) is 1. The Labute approximate surface area is 132 Å². The minimum Gasteiger partial charge on any atom is -0.396 e. The lowest BCUT2D eigenvalue weighted by Crippen LogP contribution is -2.28. The molecule has 3 rings (SSSR count). The molecule has 0 aromatic carbocycles. The van der Waals surface area contributed by atoms with E-state index < -0.39 is 12.2 Å². The lowest BCUT2D eigenvalue weighted by molar-refractivity contribution is 0.0190. The van der Waals surface area contributed by atoms with Crippen LogP contribution in [0.25, 0.3) is 11.0 Å². The molecule has 0 amide bonds. The molecule has 1 saturated carbocycles. The van der Waals surface area contributed by atoms with Crippen LogP contribution in [0.2, 0.25) is 0 Å². The molecule has 0 saturated heterocycles. The van der Waals surface area contributed by atoms with Crippen molar-refractivity contribution in [3.63, 3.8) is 0 Å². The van der Waals surface area contributed by atoms with Crippen LogP contribution < -0.4 is 5.73 Å². The lowest BCUT2D eigenvalue weighted by Gasteiger charge is -2.16. The van der Waals surface area contributed by atoms with Gasteiger partial charge in [0.25, 0.3) is 0 Å². The molecule has 2 aromatic heterocycles. The summed E-state index contributed by atoms with van der Waals surface area (Å²) >= 11 is 1.59. The van der Waals surface area contributed by atoms with Crippen molar-refractivity contribution in [1.29, 1.82) is 0 Å². The second kappa shape index (κ2) is 6.41. The summed E-state index contributed by atoms with van der Waals surface area (Å²) in [7, 11) is 0. The average Bonchev–Trinajstić information content (AvgIpc) is 3.05. The number of aliphatic hydroxyl groups excluding tert-OH is 3. The van der Waals surface area contributed by atoms with Crippen molar-refractivity contribution in [2.75, 3.05) is 23.8 Å². The Morgan fingerprint density at radius 3 is 2.91 bits per heavy atom. The monoisotopic (exact) mass is 324 g/mol. The van der Waals surface area contributed by atoms with Gasteiger partial charge in [0.2, 0.25) is 0 Å². The minimum atomic E-state index is -0.824. The molecule has 4 atom stereocenters. The standard InChI is InChI=1S/C14H20N4O3S/c15-14-11-10(17-6-18-14)9(4-16-11)8-3-7(5-22-2-1-19)12(20)13(8)21/h4,6-8,12-13,16,19-21H,1-3,5H2,(H2,15,17,18). The smallest absolute Gasteiger partial charge is 0.151 e. The minimum absolute atomic E-state index is 0.000634.